The molecule has 2 fully saturated rings. The Morgan fingerprint density at radius 3 is 2.71 bits per heavy atom. The van der Waals surface area contributed by atoms with Gasteiger partial charge in [0.05, 0.1) is 5.69 Å². The first kappa shape index (κ1) is 14.1. The van der Waals surface area contributed by atoms with E-state index in [0.717, 1.165) is 11.0 Å². The number of carbonyl (C=O) groups is 1. The summed E-state index contributed by atoms with van der Waals surface area (Å²) < 4.78 is 58.9. The van der Waals surface area contributed by atoms with Gasteiger partial charge in [-0.1, -0.05) is 12.1 Å². The summed E-state index contributed by atoms with van der Waals surface area (Å²) in [5.74, 6) is -4.79. The van der Waals surface area contributed by atoms with Gasteiger partial charge >= 0.3 is 18.0 Å². The van der Waals surface area contributed by atoms with Crippen LogP contribution in [0.1, 0.15) is 12.8 Å². The summed E-state index contributed by atoms with van der Waals surface area (Å²) in [4.78, 5) is 12.6. The van der Waals surface area contributed by atoms with Crippen molar-refractivity contribution in [2.75, 3.05) is 11.9 Å². The molecule has 0 amide bonds. The van der Waals surface area contributed by atoms with Gasteiger partial charge in [-0.3, -0.25) is 4.79 Å². The number of para-hydroxylation sites is 1. The van der Waals surface area contributed by atoms with Gasteiger partial charge in [0.1, 0.15) is 11.9 Å². The Hall–Kier alpha value is -1.83. The van der Waals surface area contributed by atoms with E-state index in [0.29, 0.717) is 12.8 Å². The quantitative estimate of drug-likeness (QED) is 0.673. The van der Waals surface area contributed by atoms with Crippen LogP contribution < -0.4 is 5.32 Å². The molecule has 0 aromatic heterocycles. The average molecular weight is 304 g/mol. The zero-order valence-electron chi connectivity index (χ0n) is 10.8. The lowest BCUT2D eigenvalue weighted by molar-refractivity contribution is -0.286. The summed E-state index contributed by atoms with van der Waals surface area (Å²) >= 11 is 0. The summed E-state index contributed by atoms with van der Waals surface area (Å²) in [6, 6.07) is 4.02. The maximum absolute atomic E-state index is 13.7. The molecule has 1 aromatic carbocycles. The molecule has 1 unspecified atom stereocenters. The smallest absolute Gasteiger partial charge is 0.414 e. The molecule has 0 aliphatic carbocycles. The Morgan fingerprint density at radius 2 is 2.05 bits per heavy atom. The number of ether oxygens (including phenoxy) is 1. The topological polar surface area (TPSA) is 41.6 Å². The van der Waals surface area contributed by atoms with Crippen LogP contribution in [-0.4, -0.2) is 35.5 Å². The number of nitrogens with one attached hydrogen (secondary N) is 1. The molecule has 8 heteroatoms. The van der Waals surface area contributed by atoms with Crippen LogP contribution in [0.25, 0.3) is 0 Å². The van der Waals surface area contributed by atoms with Gasteiger partial charge in [-0.05, 0) is 25.0 Å². The fourth-order valence-corrected chi connectivity index (χ4v) is 2.79. The number of nitrogens with zero attached hydrogens (tertiary/aromatic N) is 1. The molecule has 0 saturated carbocycles. The van der Waals surface area contributed by atoms with E-state index in [1.165, 1.54) is 18.2 Å². The van der Waals surface area contributed by atoms with Crippen LogP contribution in [0.3, 0.4) is 0 Å². The fourth-order valence-electron chi connectivity index (χ4n) is 2.79. The molecule has 21 heavy (non-hydrogen) atoms. The first-order chi connectivity index (χ1) is 9.85. The first-order valence-corrected chi connectivity index (χ1v) is 6.44. The number of carbonyl (C=O) groups excluding carboxylic acids is 1. The van der Waals surface area contributed by atoms with Crippen LogP contribution in [0.5, 0.6) is 0 Å². The number of cyclic esters (lactones) is 1. The van der Waals surface area contributed by atoms with Crippen LogP contribution in [0, 0.1) is 5.82 Å². The van der Waals surface area contributed by atoms with E-state index in [9.17, 15) is 22.4 Å². The van der Waals surface area contributed by atoms with Crippen molar-refractivity contribution in [2.24, 2.45) is 0 Å². The molecule has 0 radical (unpaired) electrons. The van der Waals surface area contributed by atoms with Crippen molar-refractivity contribution in [1.29, 1.82) is 0 Å². The number of hydrogen-bond donors (Lipinski definition) is 1. The molecule has 1 N–H and O–H groups in total. The lowest BCUT2D eigenvalue weighted by Gasteiger charge is -2.37. The molecular weight excluding hydrogens is 292 g/mol. The molecule has 2 heterocycles. The maximum Gasteiger partial charge on any atom is 0.465 e. The van der Waals surface area contributed by atoms with Gasteiger partial charge in [0.15, 0.2) is 0 Å². The summed E-state index contributed by atoms with van der Waals surface area (Å²) in [5, 5.41) is 2.05. The molecule has 2 atom stereocenters. The Kier molecular flexibility index (Phi) is 3.09. The summed E-state index contributed by atoms with van der Waals surface area (Å²) in [6.07, 6.45) is -4.14. The number of halogens is 4. The van der Waals surface area contributed by atoms with E-state index in [2.05, 4.69) is 4.74 Å². The first-order valence-electron chi connectivity index (χ1n) is 6.44. The minimum absolute atomic E-state index is 0.0529. The van der Waals surface area contributed by atoms with Crippen molar-refractivity contribution in [2.45, 2.75) is 30.9 Å². The summed E-state index contributed by atoms with van der Waals surface area (Å²) in [6.45, 7) is 0.0529. The van der Waals surface area contributed by atoms with E-state index in [-0.39, 0.29) is 12.2 Å². The lowest BCUT2D eigenvalue weighted by atomic mass is 10.2. The van der Waals surface area contributed by atoms with Crippen molar-refractivity contribution in [3.8, 4) is 0 Å². The highest BCUT2D eigenvalue weighted by atomic mass is 19.4. The molecule has 0 spiro atoms. The highest BCUT2D eigenvalue weighted by Gasteiger charge is 2.70. The number of benzene rings is 1. The van der Waals surface area contributed by atoms with E-state index < -0.39 is 29.9 Å². The standard InChI is InChI=1S/C13H12F4N2O2/c14-8-4-1-2-5-9(8)18-13(12(15,16)17)19-7-3-6-10(19)11(20)21-13/h1-2,4-5,10,18H,3,6-7H2/t10-,13?/m1/s1. The van der Waals surface area contributed by atoms with E-state index in [1.54, 1.807) is 0 Å². The zero-order chi connectivity index (χ0) is 15.3. The lowest BCUT2D eigenvalue weighted by Crippen LogP contribution is -2.62. The van der Waals surface area contributed by atoms with Gasteiger partial charge in [-0.25, -0.2) is 9.29 Å². The number of alkyl halides is 3. The van der Waals surface area contributed by atoms with Crippen LogP contribution in [0.2, 0.25) is 0 Å². The predicted molar refractivity (Wildman–Crippen MR) is 64.6 cm³/mol. The highest BCUT2D eigenvalue weighted by Crippen LogP contribution is 2.46. The van der Waals surface area contributed by atoms with E-state index in [1.807, 2.05) is 5.32 Å². The van der Waals surface area contributed by atoms with Crippen LogP contribution in [0.4, 0.5) is 23.2 Å². The van der Waals surface area contributed by atoms with Gasteiger partial charge in [0.2, 0.25) is 0 Å². The second-order valence-electron chi connectivity index (χ2n) is 5.02. The Morgan fingerprint density at radius 1 is 1.33 bits per heavy atom. The molecule has 2 aliphatic rings. The second kappa shape index (κ2) is 4.59. The summed E-state index contributed by atoms with van der Waals surface area (Å²) in [7, 11) is 0. The fraction of sp³-hybridized carbons (Fsp3) is 0.462. The SMILES string of the molecule is O=C1OC(Nc2ccccc2F)(C(F)(F)F)N2CCC[C@H]12. The number of hydrogen-bond acceptors (Lipinski definition) is 4. The number of esters is 1. The molecule has 2 saturated heterocycles. The molecule has 2 aliphatic heterocycles. The third kappa shape index (κ3) is 2.05. The minimum atomic E-state index is -4.90. The monoisotopic (exact) mass is 304 g/mol. The number of fused-ring (bicyclic) bond motifs is 1. The molecule has 114 valence electrons. The van der Waals surface area contributed by atoms with E-state index in [4.69, 9.17) is 0 Å². The van der Waals surface area contributed by atoms with Crippen molar-refractivity contribution in [1.82, 2.24) is 4.90 Å². The van der Waals surface area contributed by atoms with Crippen LogP contribution in [-0.2, 0) is 9.53 Å². The molecular formula is C13H12F4N2O2. The third-order valence-corrected chi connectivity index (χ3v) is 3.74. The average Bonchev–Trinajstić information content (AvgIpc) is 2.96. The molecule has 0 bridgehead atoms. The highest BCUT2D eigenvalue weighted by molar-refractivity contribution is 5.79. The Balaban J connectivity index is 2.03. The van der Waals surface area contributed by atoms with Gasteiger partial charge in [-0.2, -0.15) is 13.2 Å². The van der Waals surface area contributed by atoms with Crippen molar-refractivity contribution < 1.29 is 27.1 Å². The molecule has 3 rings (SSSR count). The largest absolute Gasteiger partial charge is 0.465 e. The normalized spacial score (nSPS) is 29.3. The zero-order valence-corrected chi connectivity index (χ0v) is 10.8. The van der Waals surface area contributed by atoms with Crippen molar-refractivity contribution >= 4 is 11.7 Å². The third-order valence-electron chi connectivity index (χ3n) is 3.74. The van der Waals surface area contributed by atoms with Crippen molar-refractivity contribution in [3.05, 3.63) is 30.1 Å². The number of anilines is 1. The maximum atomic E-state index is 13.7. The second-order valence-corrected chi connectivity index (χ2v) is 5.02. The van der Waals surface area contributed by atoms with Gasteiger partial charge < -0.3 is 10.1 Å². The van der Waals surface area contributed by atoms with Gasteiger partial charge in [0.25, 0.3) is 0 Å². The van der Waals surface area contributed by atoms with Crippen LogP contribution in [0.15, 0.2) is 24.3 Å². The molecule has 4 nitrogen and oxygen atoms in total. The van der Waals surface area contributed by atoms with Gasteiger partial charge in [0, 0.05) is 6.54 Å². The number of rotatable bonds is 2. The van der Waals surface area contributed by atoms with E-state index >= 15 is 0 Å². The summed E-state index contributed by atoms with van der Waals surface area (Å²) in [5.41, 5.74) is -0.366. The van der Waals surface area contributed by atoms with Crippen LogP contribution >= 0.6 is 0 Å². The van der Waals surface area contributed by atoms with Crippen molar-refractivity contribution in [3.63, 3.8) is 0 Å². The minimum Gasteiger partial charge on any atom is -0.414 e. The predicted octanol–water partition coefficient (Wildman–Crippen LogP) is 2.47. The Bertz CT molecular complexity index is 578. The van der Waals surface area contributed by atoms with Gasteiger partial charge in [-0.15, -0.1) is 0 Å². The Labute approximate surface area is 117 Å². The molecule has 1 aromatic rings.